The molecular weight excluding hydrogens is 388 g/mol. The highest BCUT2D eigenvalue weighted by Crippen LogP contribution is 2.31. The van der Waals surface area contributed by atoms with E-state index in [-0.39, 0.29) is 17.8 Å². The molecule has 0 saturated heterocycles. The lowest BCUT2D eigenvalue weighted by Gasteiger charge is -2.26. The number of sulfonamides is 1. The number of nitrogens with two attached hydrogens (primary N) is 1. The molecule has 0 fully saturated rings. The largest absolute Gasteiger partial charge is 0.493 e. The van der Waals surface area contributed by atoms with Crippen molar-refractivity contribution in [2.45, 2.75) is 44.6 Å². The number of benzene rings is 2. The van der Waals surface area contributed by atoms with Crippen LogP contribution in [0.15, 0.2) is 53.5 Å². The number of guanidine groups is 1. The number of rotatable bonds is 7. The average molecular weight is 417 g/mol. The van der Waals surface area contributed by atoms with Gasteiger partial charge in [0.2, 0.25) is 10.0 Å². The van der Waals surface area contributed by atoms with E-state index in [0.29, 0.717) is 19.1 Å². The molecule has 1 atom stereocenters. The molecule has 8 heteroatoms. The Morgan fingerprint density at radius 3 is 2.59 bits per heavy atom. The van der Waals surface area contributed by atoms with Crippen LogP contribution in [0.3, 0.4) is 0 Å². The van der Waals surface area contributed by atoms with E-state index in [2.05, 4.69) is 15.0 Å². The fourth-order valence-corrected chi connectivity index (χ4v) is 4.69. The van der Waals surface area contributed by atoms with Gasteiger partial charge in [-0.2, -0.15) is 0 Å². The van der Waals surface area contributed by atoms with E-state index in [9.17, 15) is 8.42 Å². The summed E-state index contributed by atoms with van der Waals surface area (Å²) in [7, 11) is -3.33. The first-order valence-corrected chi connectivity index (χ1v) is 11.3. The topological polar surface area (TPSA) is 106 Å². The molecule has 29 heavy (non-hydrogen) atoms. The molecule has 0 amide bonds. The highest BCUT2D eigenvalue weighted by molar-refractivity contribution is 7.88. The van der Waals surface area contributed by atoms with Gasteiger partial charge in [0.1, 0.15) is 5.75 Å². The first-order valence-electron chi connectivity index (χ1n) is 9.68. The summed E-state index contributed by atoms with van der Waals surface area (Å²) in [5.41, 5.74) is 8.85. The fourth-order valence-electron chi connectivity index (χ4n) is 3.25. The van der Waals surface area contributed by atoms with Gasteiger partial charge in [-0.25, -0.2) is 18.1 Å². The second kappa shape index (κ2) is 9.28. The Balaban J connectivity index is 1.57. The van der Waals surface area contributed by atoms with Gasteiger partial charge >= 0.3 is 0 Å². The van der Waals surface area contributed by atoms with Crippen LogP contribution in [0.25, 0.3) is 0 Å². The lowest BCUT2D eigenvalue weighted by atomic mass is 10.0. The number of ether oxygens (including phenoxy) is 1. The third-order valence-corrected chi connectivity index (χ3v) is 6.05. The molecule has 1 unspecified atom stereocenters. The number of para-hydroxylation sites is 1. The highest BCUT2D eigenvalue weighted by atomic mass is 32.2. The Morgan fingerprint density at radius 2 is 1.86 bits per heavy atom. The molecule has 4 N–H and O–H groups in total. The standard InChI is InChI=1S/C21H28N4O3S/c1-15(2)25-29(26,27)14-17-9-7-16(8-10-17)13-23-21(22)24-19-11-12-28-20-6-4-3-5-18(19)20/h3-10,15,19,25H,11-14H2,1-2H3,(H3,22,23,24). The Hall–Kier alpha value is -2.58. The molecule has 1 aliphatic rings. The summed E-state index contributed by atoms with van der Waals surface area (Å²) in [6.07, 6.45) is 0.820. The normalized spacial score (nSPS) is 16.9. The SMILES string of the molecule is CC(C)NS(=O)(=O)Cc1ccc(CN=C(N)NC2CCOc3ccccc32)cc1. The first kappa shape index (κ1) is 21.1. The van der Waals surface area contributed by atoms with Crippen LogP contribution in [0.2, 0.25) is 0 Å². The maximum atomic E-state index is 12.0. The van der Waals surface area contributed by atoms with Crippen molar-refractivity contribution in [3.63, 3.8) is 0 Å². The van der Waals surface area contributed by atoms with Crippen LogP contribution in [0, 0.1) is 0 Å². The van der Waals surface area contributed by atoms with Gasteiger partial charge < -0.3 is 15.8 Å². The Bertz CT molecular complexity index is 956. The molecule has 2 aromatic rings. The van der Waals surface area contributed by atoms with Gasteiger partial charge in [-0.1, -0.05) is 42.5 Å². The van der Waals surface area contributed by atoms with Crippen LogP contribution < -0.4 is 20.5 Å². The Morgan fingerprint density at radius 1 is 1.17 bits per heavy atom. The summed E-state index contributed by atoms with van der Waals surface area (Å²) in [5, 5.41) is 3.27. The van der Waals surface area contributed by atoms with Crippen molar-refractivity contribution in [1.82, 2.24) is 10.0 Å². The second-order valence-corrected chi connectivity index (χ2v) is 9.18. The van der Waals surface area contributed by atoms with E-state index in [1.54, 1.807) is 13.8 Å². The van der Waals surface area contributed by atoms with Crippen molar-refractivity contribution in [3.8, 4) is 5.75 Å². The van der Waals surface area contributed by atoms with Gasteiger partial charge in [0.25, 0.3) is 0 Å². The van der Waals surface area contributed by atoms with Crippen molar-refractivity contribution < 1.29 is 13.2 Å². The number of nitrogens with zero attached hydrogens (tertiary/aromatic N) is 1. The van der Waals surface area contributed by atoms with E-state index in [1.807, 2.05) is 48.5 Å². The summed E-state index contributed by atoms with van der Waals surface area (Å²) in [4.78, 5) is 4.42. The molecule has 0 aromatic heterocycles. The number of nitrogens with one attached hydrogen (secondary N) is 2. The molecule has 2 aromatic carbocycles. The number of aliphatic imine (C=N–C) groups is 1. The van der Waals surface area contributed by atoms with Crippen molar-refractivity contribution in [3.05, 3.63) is 65.2 Å². The van der Waals surface area contributed by atoms with Crippen LogP contribution in [-0.2, 0) is 22.3 Å². The minimum atomic E-state index is -3.33. The molecule has 0 radical (unpaired) electrons. The van der Waals surface area contributed by atoms with Crippen molar-refractivity contribution in [2.24, 2.45) is 10.7 Å². The monoisotopic (exact) mass is 416 g/mol. The number of hydrogen-bond donors (Lipinski definition) is 3. The zero-order chi connectivity index (χ0) is 20.9. The molecule has 1 aliphatic heterocycles. The molecule has 156 valence electrons. The molecule has 1 heterocycles. The van der Waals surface area contributed by atoms with E-state index in [4.69, 9.17) is 10.5 Å². The quantitative estimate of drug-likeness (QED) is 0.475. The van der Waals surface area contributed by atoms with E-state index < -0.39 is 10.0 Å². The molecule has 3 rings (SSSR count). The smallest absolute Gasteiger partial charge is 0.216 e. The van der Waals surface area contributed by atoms with Crippen LogP contribution >= 0.6 is 0 Å². The van der Waals surface area contributed by atoms with Gasteiger partial charge in [0, 0.05) is 18.0 Å². The number of fused-ring (bicyclic) bond motifs is 1. The number of hydrogen-bond acceptors (Lipinski definition) is 4. The third-order valence-electron chi connectivity index (χ3n) is 4.51. The molecular formula is C21H28N4O3S. The summed E-state index contributed by atoms with van der Waals surface area (Å²) in [6, 6.07) is 15.2. The van der Waals surface area contributed by atoms with Gasteiger partial charge in [-0.05, 0) is 31.0 Å². The highest BCUT2D eigenvalue weighted by Gasteiger charge is 2.21. The minimum absolute atomic E-state index is 0.0401. The van der Waals surface area contributed by atoms with Crippen LogP contribution in [-0.4, -0.2) is 27.0 Å². The summed E-state index contributed by atoms with van der Waals surface area (Å²) >= 11 is 0. The lowest BCUT2D eigenvalue weighted by molar-refractivity contribution is 0.262. The van der Waals surface area contributed by atoms with Crippen molar-refractivity contribution >= 4 is 16.0 Å². The van der Waals surface area contributed by atoms with Gasteiger partial charge in [-0.15, -0.1) is 0 Å². The molecule has 0 bridgehead atoms. The maximum Gasteiger partial charge on any atom is 0.216 e. The van der Waals surface area contributed by atoms with E-state index >= 15 is 0 Å². The van der Waals surface area contributed by atoms with Crippen molar-refractivity contribution in [2.75, 3.05) is 6.61 Å². The Labute approximate surface area is 172 Å². The summed E-state index contributed by atoms with van der Waals surface area (Å²) in [5.74, 6) is 1.21. The zero-order valence-electron chi connectivity index (χ0n) is 16.8. The van der Waals surface area contributed by atoms with Gasteiger partial charge in [0.05, 0.1) is 24.9 Å². The van der Waals surface area contributed by atoms with E-state index in [0.717, 1.165) is 28.9 Å². The predicted molar refractivity (Wildman–Crippen MR) is 115 cm³/mol. The van der Waals surface area contributed by atoms with Crippen molar-refractivity contribution in [1.29, 1.82) is 0 Å². The third kappa shape index (κ3) is 6.20. The molecule has 0 saturated carbocycles. The predicted octanol–water partition coefficient (Wildman–Crippen LogP) is 2.44. The fraction of sp³-hybridized carbons (Fsp3) is 0.381. The molecule has 7 nitrogen and oxygen atoms in total. The minimum Gasteiger partial charge on any atom is -0.493 e. The first-order chi connectivity index (χ1) is 13.8. The maximum absolute atomic E-state index is 12.0. The van der Waals surface area contributed by atoms with Gasteiger partial charge in [-0.3, -0.25) is 0 Å². The molecule has 0 spiro atoms. The van der Waals surface area contributed by atoms with Crippen LogP contribution in [0.1, 0.15) is 43.0 Å². The van der Waals surface area contributed by atoms with E-state index in [1.165, 1.54) is 0 Å². The zero-order valence-corrected chi connectivity index (χ0v) is 17.6. The average Bonchev–Trinajstić information content (AvgIpc) is 2.66. The lowest BCUT2D eigenvalue weighted by Crippen LogP contribution is -2.37. The summed E-state index contributed by atoms with van der Waals surface area (Å²) < 4.78 is 32.3. The van der Waals surface area contributed by atoms with Gasteiger partial charge in [0.15, 0.2) is 5.96 Å². The van der Waals surface area contributed by atoms with Crippen LogP contribution in [0.4, 0.5) is 0 Å². The Kier molecular flexibility index (Phi) is 6.76. The second-order valence-electron chi connectivity index (χ2n) is 7.42. The van der Waals surface area contributed by atoms with Crippen LogP contribution in [0.5, 0.6) is 5.75 Å². The summed E-state index contributed by atoms with van der Waals surface area (Å²) in [6.45, 7) is 4.66. The molecule has 0 aliphatic carbocycles.